The summed E-state index contributed by atoms with van der Waals surface area (Å²) in [6.07, 6.45) is 2.18. The van der Waals surface area contributed by atoms with E-state index in [2.05, 4.69) is 10.1 Å². The smallest absolute Gasteiger partial charge is 0.277 e. The topological polar surface area (TPSA) is 64.8 Å². The number of hydrogen-bond acceptors (Lipinski definition) is 4. The molecule has 0 N–H and O–H groups in total. The molecule has 2 rings (SSSR count). The molecule has 0 saturated heterocycles. The van der Waals surface area contributed by atoms with Gasteiger partial charge in [0.2, 0.25) is 0 Å². The zero-order valence-electron chi connectivity index (χ0n) is 9.33. The zero-order valence-corrected chi connectivity index (χ0v) is 9.33. The van der Waals surface area contributed by atoms with Gasteiger partial charge in [-0.05, 0) is 25.1 Å². The van der Waals surface area contributed by atoms with Crippen LogP contribution < -0.4 is 5.56 Å². The first kappa shape index (κ1) is 11.2. The van der Waals surface area contributed by atoms with E-state index in [9.17, 15) is 9.59 Å². The van der Waals surface area contributed by atoms with Crippen molar-refractivity contribution < 1.29 is 4.79 Å². The van der Waals surface area contributed by atoms with E-state index in [0.29, 0.717) is 24.2 Å². The van der Waals surface area contributed by atoms with E-state index in [1.54, 1.807) is 25.3 Å². The predicted molar refractivity (Wildman–Crippen MR) is 62.8 cm³/mol. The van der Waals surface area contributed by atoms with Crippen molar-refractivity contribution in [1.29, 1.82) is 0 Å². The average Bonchev–Trinajstić information content (AvgIpc) is 2.40. The summed E-state index contributed by atoms with van der Waals surface area (Å²) in [5.74, 6) is 0. The van der Waals surface area contributed by atoms with Gasteiger partial charge < -0.3 is 0 Å². The lowest BCUT2D eigenvalue weighted by molar-refractivity contribution is 0.112. The maximum Gasteiger partial charge on any atom is 0.277 e. The van der Waals surface area contributed by atoms with Crippen molar-refractivity contribution in [1.82, 2.24) is 14.8 Å². The number of pyridine rings is 1. The molecule has 0 spiro atoms. The molecule has 0 bridgehead atoms. The minimum absolute atomic E-state index is 0.0995. The molecule has 0 atom stereocenters. The van der Waals surface area contributed by atoms with E-state index in [1.165, 1.54) is 10.7 Å². The van der Waals surface area contributed by atoms with Crippen LogP contribution in [-0.4, -0.2) is 21.1 Å². The molecule has 0 aliphatic heterocycles. The number of carbonyl (C=O) groups is 1. The van der Waals surface area contributed by atoms with E-state index in [4.69, 9.17) is 0 Å². The maximum atomic E-state index is 11.7. The molecule has 0 fully saturated rings. The third-order valence-electron chi connectivity index (χ3n) is 2.36. The van der Waals surface area contributed by atoms with Crippen LogP contribution in [0.3, 0.4) is 0 Å². The van der Waals surface area contributed by atoms with Gasteiger partial charge in [-0.2, -0.15) is 5.10 Å². The Morgan fingerprint density at radius 2 is 2.18 bits per heavy atom. The minimum Gasteiger partial charge on any atom is -0.298 e. The molecular weight excluding hydrogens is 218 g/mol. The van der Waals surface area contributed by atoms with E-state index in [1.807, 2.05) is 6.07 Å². The van der Waals surface area contributed by atoms with Gasteiger partial charge in [0.1, 0.15) is 5.69 Å². The third kappa shape index (κ3) is 2.13. The monoisotopic (exact) mass is 229 g/mol. The van der Waals surface area contributed by atoms with Gasteiger partial charge in [-0.15, -0.1) is 0 Å². The van der Waals surface area contributed by atoms with Gasteiger partial charge in [0, 0.05) is 12.7 Å². The Kier molecular flexibility index (Phi) is 3.09. The van der Waals surface area contributed by atoms with Gasteiger partial charge in [-0.1, -0.05) is 6.07 Å². The van der Waals surface area contributed by atoms with Crippen LogP contribution in [0.5, 0.6) is 0 Å². The summed E-state index contributed by atoms with van der Waals surface area (Å²) in [7, 11) is 0. The quantitative estimate of drug-likeness (QED) is 0.740. The second-order valence-corrected chi connectivity index (χ2v) is 3.44. The summed E-state index contributed by atoms with van der Waals surface area (Å²) >= 11 is 0. The van der Waals surface area contributed by atoms with Crippen LogP contribution in [0.4, 0.5) is 0 Å². The molecule has 0 amide bonds. The average molecular weight is 229 g/mol. The second kappa shape index (κ2) is 4.69. The summed E-state index contributed by atoms with van der Waals surface area (Å²) in [5.41, 5.74) is 0.886. The minimum atomic E-state index is -0.373. The standard InChI is InChI=1S/C12H11N3O2/c1-2-15-12(17)9(8-16)7-11(14-15)10-5-3-4-6-13-10/h3-8H,2H2,1H3. The van der Waals surface area contributed by atoms with Crippen LogP contribution in [0.25, 0.3) is 11.4 Å². The highest BCUT2D eigenvalue weighted by Crippen LogP contribution is 2.12. The molecule has 0 unspecified atom stereocenters. The number of rotatable bonds is 3. The van der Waals surface area contributed by atoms with Crippen molar-refractivity contribution in [3.8, 4) is 11.4 Å². The van der Waals surface area contributed by atoms with Crippen LogP contribution >= 0.6 is 0 Å². The number of aldehydes is 1. The van der Waals surface area contributed by atoms with Crippen molar-refractivity contribution in [2.24, 2.45) is 0 Å². The van der Waals surface area contributed by atoms with Crippen LogP contribution in [0, 0.1) is 0 Å². The number of aryl methyl sites for hydroxylation is 1. The van der Waals surface area contributed by atoms with E-state index >= 15 is 0 Å². The molecule has 0 radical (unpaired) electrons. The third-order valence-corrected chi connectivity index (χ3v) is 2.36. The van der Waals surface area contributed by atoms with E-state index < -0.39 is 0 Å². The SMILES string of the molecule is CCn1nc(-c2ccccn2)cc(C=O)c1=O. The first-order valence-corrected chi connectivity index (χ1v) is 5.25. The second-order valence-electron chi connectivity index (χ2n) is 3.44. The molecule has 2 aromatic heterocycles. The van der Waals surface area contributed by atoms with Gasteiger partial charge >= 0.3 is 0 Å². The van der Waals surface area contributed by atoms with E-state index in [0.717, 1.165) is 0 Å². The Labute approximate surface area is 97.7 Å². The number of hydrogen-bond donors (Lipinski definition) is 0. The van der Waals surface area contributed by atoms with Crippen molar-refractivity contribution in [3.05, 3.63) is 46.4 Å². The summed E-state index contributed by atoms with van der Waals surface area (Å²) in [6.45, 7) is 2.21. The molecule has 86 valence electrons. The highest BCUT2D eigenvalue weighted by atomic mass is 16.1. The first-order valence-electron chi connectivity index (χ1n) is 5.25. The largest absolute Gasteiger partial charge is 0.298 e. The Morgan fingerprint density at radius 1 is 1.35 bits per heavy atom. The number of aromatic nitrogens is 3. The van der Waals surface area contributed by atoms with Crippen molar-refractivity contribution in [2.75, 3.05) is 0 Å². The Hall–Kier alpha value is -2.30. The van der Waals surface area contributed by atoms with E-state index in [-0.39, 0.29) is 11.1 Å². The Morgan fingerprint density at radius 3 is 2.76 bits per heavy atom. The lowest BCUT2D eigenvalue weighted by Crippen LogP contribution is -2.25. The summed E-state index contributed by atoms with van der Waals surface area (Å²) < 4.78 is 1.26. The molecule has 0 aromatic carbocycles. The molecule has 17 heavy (non-hydrogen) atoms. The number of carbonyl (C=O) groups excluding carboxylic acids is 1. The van der Waals surface area contributed by atoms with Crippen molar-refractivity contribution in [2.45, 2.75) is 13.5 Å². The van der Waals surface area contributed by atoms with Gasteiger partial charge in [0.15, 0.2) is 6.29 Å². The fourth-order valence-corrected chi connectivity index (χ4v) is 1.50. The van der Waals surface area contributed by atoms with Crippen LogP contribution in [0.15, 0.2) is 35.3 Å². The highest BCUT2D eigenvalue weighted by molar-refractivity contribution is 5.76. The van der Waals surface area contributed by atoms with Crippen LogP contribution in [0.2, 0.25) is 0 Å². The molecule has 0 aliphatic carbocycles. The van der Waals surface area contributed by atoms with Gasteiger partial charge in [0.25, 0.3) is 5.56 Å². The van der Waals surface area contributed by atoms with Crippen LogP contribution in [-0.2, 0) is 6.54 Å². The van der Waals surface area contributed by atoms with Crippen molar-refractivity contribution in [3.63, 3.8) is 0 Å². The molecule has 5 nitrogen and oxygen atoms in total. The fraction of sp³-hybridized carbons (Fsp3) is 0.167. The Balaban J connectivity index is 2.64. The highest BCUT2D eigenvalue weighted by Gasteiger charge is 2.08. The summed E-state index contributed by atoms with van der Waals surface area (Å²) in [5, 5.41) is 4.15. The molecule has 2 aromatic rings. The summed E-state index contributed by atoms with van der Waals surface area (Å²) in [6, 6.07) is 6.86. The van der Waals surface area contributed by atoms with Crippen LogP contribution in [0.1, 0.15) is 17.3 Å². The van der Waals surface area contributed by atoms with Gasteiger partial charge in [0.05, 0.1) is 11.3 Å². The predicted octanol–water partition coefficient (Wildman–Crippen LogP) is 1.14. The lowest BCUT2D eigenvalue weighted by atomic mass is 10.2. The molecular formula is C12H11N3O2. The molecule has 2 heterocycles. The molecule has 5 heteroatoms. The fourth-order valence-electron chi connectivity index (χ4n) is 1.50. The maximum absolute atomic E-state index is 11.7. The number of nitrogens with zero attached hydrogens (tertiary/aromatic N) is 3. The first-order chi connectivity index (χ1) is 8.26. The molecule has 0 aliphatic rings. The van der Waals surface area contributed by atoms with Crippen molar-refractivity contribution >= 4 is 6.29 Å². The zero-order chi connectivity index (χ0) is 12.3. The van der Waals surface area contributed by atoms with Gasteiger partial charge in [-0.3, -0.25) is 14.6 Å². The normalized spacial score (nSPS) is 10.2. The van der Waals surface area contributed by atoms with Gasteiger partial charge in [-0.25, -0.2) is 4.68 Å². The summed E-state index contributed by atoms with van der Waals surface area (Å²) in [4.78, 5) is 26.6. The molecule has 0 saturated carbocycles. The lowest BCUT2D eigenvalue weighted by Gasteiger charge is -2.05. The Bertz CT molecular complexity index is 590.